The molecule has 3 nitrogen and oxygen atoms in total. The Labute approximate surface area is 127 Å². The van der Waals surface area contributed by atoms with Crippen LogP contribution in [0, 0.1) is 0 Å². The first-order chi connectivity index (χ1) is 9.79. The highest BCUT2D eigenvalue weighted by Gasteiger charge is 2.16. The van der Waals surface area contributed by atoms with E-state index in [0.717, 1.165) is 18.2 Å². The summed E-state index contributed by atoms with van der Waals surface area (Å²) in [6.07, 6.45) is 11.4. The number of nitrogens with zero attached hydrogens (tertiary/aromatic N) is 2. The van der Waals surface area contributed by atoms with E-state index in [1.54, 1.807) is 0 Å². The first-order valence-corrected chi connectivity index (χ1v) is 9.16. The molecule has 1 aromatic rings. The molecule has 0 saturated heterocycles. The van der Waals surface area contributed by atoms with Gasteiger partial charge in [-0.25, -0.2) is 0 Å². The molecule has 0 aliphatic heterocycles. The molecule has 0 radical (unpaired) electrons. The van der Waals surface area contributed by atoms with E-state index in [-0.39, 0.29) is 0 Å². The number of aromatic nitrogens is 2. The summed E-state index contributed by atoms with van der Waals surface area (Å²) >= 11 is 2.20. The SMILES string of the molecule is CCNC(CCc1ccnn1C)CSC1CCCCC1. The minimum absolute atomic E-state index is 0.641. The van der Waals surface area contributed by atoms with Crippen molar-refractivity contribution in [1.82, 2.24) is 15.1 Å². The van der Waals surface area contributed by atoms with Gasteiger partial charge in [0.15, 0.2) is 0 Å². The van der Waals surface area contributed by atoms with Crippen LogP contribution >= 0.6 is 11.8 Å². The Bertz CT molecular complexity index is 372. The van der Waals surface area contributed by atoms with Crippen LogP contribution in [0.3, 0.4) is 0 Å². The van der Waals surface area contributed by atoms with Gasteiger partial charge in [0.05, 0.1) is 0 Å². The zero-order valence-electron chi connectivity index (χ0n) is 13.0. The quantitative estimate of drug-likeness (QED) is 0.797. The predicted octanol–water partition coefficient (Wildman–Crippen LogP) is 3.40. The van der Waals surface area contributed by atoms with E-state index in [2.05, 4.69) is 35.2 Å². The zero-order chi connectivity index (χ0) is 14.2. The van der Waals surface area contributed by atoms with Gasteiger partial charge in [-0.3, -0.25) is 4.68 Å². The van der Waals surface area contributed by atoms with Crippen molar-refractivity contribution in [3.05, 3.63) is 18.0 Å². The average Bonchev–Trinajstić information content (AvgIpc) is 2.88. The third-order valence-corrected chi connectivity index (χ3v) is 5.79. The molecule has 0 amide bonds. The highest BCUT2D eigenvalue weighted by molar-refractivity contribution is 7.99. The molecular formula is C16H29N3S. The number of hydrogen-bond acceptors (Lipinski definition) is 3. The Morgan fingerprint density at radius 1 is 1.40 bits per heavy atom. The molecule has 1 saturated carbocycles. The largest absolute Gasteiger partial charge is 0.313 e. The molecular weight excluding hydrogens is 266 g/mol. The highest BCUT2D eigenvalue weighted by atomic mass is 32.2. The third-order valence-electron chi connectivity index (χ3n) is 4.25. The maximum Gasteiger partial charge on any atom is 0.0492 e. The lowest BCUT2D eigenvalue weighted by atomic mass is 10.0. The number of thioether (sulfide) groups is 1. The molecule has 0 bridgehead atoms. The van der Waals surface area contributed by atoms with Gasteiger partial charge in [-0.05, 0) is 38.3 Å². The second-order valence-corrected chi connectivity index (χ2v) is 7.17. The summed E-state index contributed by atoms with van der Waals surface area (Å²) in [5.74, 6) is 1.26. The summed E-state index contributed by atoms with van der Waals surface area (Å²) < 4.78 is 2.00. The van der Waals surface area contributed by atoms with Gasteiger partial charge in [0, 0.05) is 36.0 Å². The van der Waals surface area contributed by atoms with E-state index in [1.165, 1.54) is 50.0 Å². The maximum atomic E-state index is 4.25. The van der Waals surface area contributed by atoms with Gasteiger partial charge in [-0.2, -0.15) is 16.9 Å². The molecule has 1 aromatic heterocycles. The van der Waals surface area contributed by atoms with Gasteiger partial charge in [0.2, 0.25) is 0 Å². The summed E-state index contributed by atoms with van der Waals surface area (Å²) in [5.41, 5.74) is 1.34. The van der Waals surface area contributed by atoms with Crippen molar-refractivity contribution in [1.29, 1.82) is 0 Å². The fourth-order valence-electron chi connectivity index (χ4n) is 2.99. The van der Waals surface area contributed by atoms with E-state index in [1.807, 2.05) is 17.9 Å². The fraction of sp³-hybridized carbons (Fsp3) is 0.812. The van der Waals surface area contributed by atoms with E-state index < -0.39 is 0 Å². The predicted molar refractivity (Wildman–Crippen MR) is 88.3 cm³/mol. The molecule has 20 heavy (non-hydrogen) atoms. The standard InChI is InChI=1S/C16H29N3S/c1-3-17-14(9-10-15-11-12-18-19(15)2)13-20-16-7-5-4-6-8-16/h11-12,14,16-17H,3-10,13H2,1-2H3. The first kappa shape index (κ1) is 15.9. The Balaban J connectivity index is 1.73. The minimum atomic E-state index is 0.641. The molecule has 2 rings (SSSR count). The number of aryl methyl sites for hydroxylation is 2. The zero-order valence-corrected chi connectivity index (χ0v) is 13.8. The van der Waals surface area contributed by atoms with Crippen LogP contribution in [-0.4, -0.2) is 33.4 Å². The molecule has 1 atom stereocenters. The maximum absolute atomic E-state index is 4.25. The Kier molecular flexibility index (Phi) is 6.94. The lowest BCUT2D eigenvalue weighted by Gasteiger charge is -2.24. The summed E-state index contributed by atoms with van der Waals surface area (Å²) in [6, 6.07) is 2.78. The van der Waals surface area contributed by atoms with E-state index in [0.29, 0.717) is 6.04 Å². The fourth-order valence-corrected chi connectivity index (χ4v) is 4.44. The third kappa shape index (κ3) is 5.13. The van der Waals surface area contributed by atoms with Crippen LogP contribution in [0.1, 0.15) is 51.1 Å². The van der Waals surface area contributed by atoms with Crippen LogP contribution in [0.4, 0.5) is 0 Å². The van der Waals surface area contributed by atoms with Crippen molar-refractivity contribution in [2.75, 3.05) is 12.3 Å². The van der Waals surface area contributed by atoms with Crippen LogP contribution < -0.4 is 5.32 Å². The van der Waals surface area contributed by atoms with E-state index >= 15 is 0 Å². The normalized spacial score (nSPS) is 18.3. The topological polar surface area (TPSA) is 29.9 Å². The monoisotopic (exact) mass is 295 g/mol. The van der Waals surface area contributed by atoms with Crippen LogP contribution in [0.2, 0.25) is 0 Å². The summed E-state index contributed by atoms with van der Waals surface area (Å²) in [5, 5.41) is 8.82. The lowest BCUT2D eigenvalue weighted by molar-refractivity contribution is 0.507. The molecule has 4 heteroatoms. The summed E-state index contributed by atoms with van der Waals surface area (Å²) in [6.45, 7) is 3.28. The van der Waals surface area contributed by atoms with Gasteiger partial charge in [-0.15, -0.1) is 0 Å². The molecule has 0 aromatic carbocycles. The first-order valence-electron chi connectivity index (χ1n) is 8.11. The molecule has 1 aliphatic rings. The van der Waals surface area contributed by atoms with Gasteiger partial charge in [0.25, 0.3) is 0 Å². The van der Waals surface area contributed by atoms with Crippen molar-refractivity contribution in [2.45, 2.75) is 63.2 Å². The molecule has 114 valence electrons. The van der Waals surface area contributed by atoms with Gasteiger partial charge in [0.1, 0.15) is 0 Å². The average molecular weight is 295 g/mol. The molecule has 1 aliphatic carbocycles. The van der Waals surface area contributed by atoms with Gasteiger partial charge < -0.3 is 5.32 Å². The molecule has 0 spiro atoms. The van der Waals surface area contributed by atoms with Crippen molar-refractivity contribution in [3.8, 4) is 0 Å². The van der Waals surface area contributed by atoms with Crippen molar-refractivity contribution in [3.63, 3.8) is 0 Å². The Morgan fingerprint density at radius 3 is 2.85 bits per heavy atom. The summed E-state index contributed by atoms with van der Waals surface area (Å²) in [7, 11) is 2.04. The van der Waals surface area contributed by atoms with Gasteiger partial charge >= 0.3 is 0 Å². The number of nitrogens with one attached hydrogen (secondary N) is 1. The van der Waals surface area contributed by atoms with Crippen LogP contribution in [0.5, 0.6) is 0 Å². The highest BCUT2D eigenvalue weighted by Crippen LogP contribution is 2.28. The molecule has 1 fully saturated rings. The lowest BCUT2D eigenvalue weighted by Crippen LogP contribution is -2.32. The molecule has 1 unspecified atom stereocenters. The van der Waals surface area contributed by atoms with Crippen LogP contribution in [0.25, 0.3) is 0 Å². The van der Waals surface area contributed by atoms with Crippen LogP contribution in [0.15, 0.2) is 12.3 Å². The second kappa shape index (κ2) is 8.73. The van der Waals surface area contributed by atoms with E-state index in [4.69, 9.17) is 0 Å². The Hall–Kier alpha value is -0.480. The second-order valence-electron chi connectivity index (χ2n) is 5.83. The van der Waals surface area contributed by atoms with E-state index in [9.17, 15) is 0 Å². The Morgan fingerprint density at radius 2 is 2.20 bits per heavy atom. The number of hydrogen-bond donors (Lipinski definition) is 1. The number of rotatable bonds is 8. The molecule has 1 heterocycles. The minimum Gasteiger partial charge on any atom is -0.313 e. The summed E-state index contributed by atoms with van der Waals surface area (Å²) in [4.78, 5) is 0. The van der Waals surface area contributed by atoms with Gasteiger partial charge in [-0.1, -0.05) is 26.2 Å². The van der Waals surface area contributed by atoms with Crippen LogP contribution in [-0.2, 0) is 13.5 Å². The van der Waals surface area contributed by atoms with Crippen molar-refractivity contribution >= 4 is 11.8 Å². The van der Waals surface area contributed by atoms with Crippen molar-refractivity contribution < 1.29 is 0 Å². The van der Waals surface area contributed by atoms with Crippen molar-refractivity contribution in [2.24, 2.45) is 7.05 Å². The molecule has 1 N–H and O–H groups in total. The smallest absolute Gasteiger partial charge is 0.0492 e.